The number of methoxy groups -OCH3 is 1. The molecule has 0 unspecified atom stereocenters. The minimum absolute atomic E-state index is 0.228. The maximum atomic E-state index is 11.9. The Morgan fingerprint density at radius 3 is 2.19 bits per heavy atom. The topological polar surface area (TPSA) is 210 Å². The average molecular weight is 756 g/mol. The van der Waals surface area contributed by atoms with Gasteiger partial charge in [0, 0.05) is 29.4 Å². The first-order chi connectivity index (χ1) is 27.7. The van der Waals surface area contributed by atoms with Crippen LogP contribution in [0.5, 0.6) is 0 Å². The van der Waals surface area contributed by atoms with E-state index in [1.165, 1.54) is 7.11 Å². The zero-order valence-corrected chi connectivity index (χ0v) is 30.5. The molecule has 15 nitrogen and oxygen atoms in total. The zero-order valence-electron chi connectivity index (χ0n) is 30.5. The number of ether oxygens (including phenoxy) is 1. The first-order valence-corrected chi connectivity index (χ1v) is 17.8. The number of aromatic amines is 4. The molecule has 0 aliphatic rings. The van der Waals surface area contributed by atoms with Crippen molar-refractivity contribution in [3.8, 4) is 28.5 Å². The number of nitrogens with zero attached hydrogens (tertiary/aromatic N) is 5. The van der Waals surface area contributed by atoms with Gasteiger partial charge in [0.15, 0.2) is 0 Å². The van der Waals surface area contributed by atoms with Crippen LogP contribution in [0.2, 0.25) is 0 Å². The number of aromatic nitrogens is 9. The lowest BCUT2D eigenvalue weighted by Crippen LogP contribution is -2.03. The van der Waals surface area contributed by atoms with Gasteiger partial charge in [-0.05, 0) is 78.9 Å². The fourth-order valence-electron chi connectivity index (χ4n) is 6.91. The number of nitrogen functional groups attached to an aromatic ring is 1. The third-order valence-electron chi connectivity index (χ3n) is 9.62. The molecule has 10 rings (SSSR count). The van der Waals surface area contributed by atoms with Gasteiger partial charge < -0.3 is 40.3 Å². The standard InChI is InChI=1S/C27H19N7O.C15H14N4O3/c1-33-15-28-14-25(33)23-13-18(17-6-2-3-7-19(17)29-23)26-30-21-8-4-5-9-24(21)34(26)16-10-11-20-22(12-16)32-27(35)31-20;1-22-14(20)8-2-4-11(10(16)6-8)17-9-3-5-12-13(7-9)19-15(21)18-12/h2-15H,1H3,(H2,31,32,35);2-7,17H,16H2,1H3,(H2,18,19,21). The first-order valence-electron chi connectivity index (χ1n) is 17.8. The van der Waals surface area contributed by atoms with E-state index in [4.69, 9.17) is 15.7 Å². The highest BCUT2D eigenvalue weighted by atomic mass is 16.5. The molecule has 5 aromatic heterocycles. The lowest BCUT2D eigenvalue weighted by molar-refractivity contribution is 0.0601. The summed E-state index contributed by atoms with van der Waals surface area (Å²) in [5.74, 6) is 0.356. The maximum absolute atomic E-state index is 11.9. The Bertz CT molecular complexity index is 3270. The van der Waals surface area contributed by atoms with Crippen molar-refractivity contribution in [1.29, 1.82) is 0 Å². The number of H-pyrrole nitrogens is 4. The summed E-state index contributed by atoms with van der Waals surface area (Å²) < 4.78 is 8.74. The fourth-order valence-corrected chi connectivity index (χ4v) is 6.91. The molecule has 5 heterocycles. The van der Waals surface area contributed by atoms with E-state index in [-0.39, 0.29) is 11.4 Å². The van der Waals surface area contributed by atoms with E-state index < -0.39 is 5.97 Å². The van der Waals surface area contributed by atoms with Crippen molar-refractivity contribution >= 4 is 67.0 Å². The van der Waals surface area contributed by atoms with Crippen LogP contribution in [0.25, 0.3) is 72.5 Å². The number of imidazole rings is 4. The highest BCUT2D eigenvalue weighted by Crippen LogP contribution is 2.36. The number of anilines is 3. The van der Waals surface area contributed by atoms with Crippen LogP contribution in [0, 0.1) is 0 Å². The van der Waals surface area contributed by atoms with Gasteiger partial charge in [0.2, 0.25) is 0 Å². The molecule has 5 aromatic carbocycles. The average Bonchev–Trinajstić information content (AvgIpc) is 4.01. The second kappa shape index (κ2) is 13.9. The van der Waals surface area contributed by atoms with Crippen molar-refractivity contribution in [2.75, 3.05) is 18.2 Å². The van der Waals surface area contributed by atoms with Gasteiger partial charge in [-0.2, -0.15) is 0 Å². The van der Waals surface area contributed by atoms with E-state index in [0.29, 0.717) is 22.5 Å². The number of aryl methyl sites for hydroxylation is 1. The molecule has 280 valence electrons. The van der Waals surface area contributed by atoms with Crippen LogP contribution in [0.15, 0.2) is 131 Å². The third kappa shape index (κ3) is 6.44. The number of carbonyl (C=O) groups is 1. The van der Waals surface area contributed by atoms with Crippen LogP contribution >= 0.6 is 0 Å². The van der Waals surface area contributed by atoms with Crippen LogP contribution in [0.1, 0.15) is 10.4 Å². The van der Waals surface area contributed by atoms with Gasteiger partial charge >= 0.3 is 17.3 Å². The highest BCUT2D eigenvalue weighted by molar-refractivity contribution is 5.98. The Hall–Kier alpha value is -8.20. The predicted octanol–water partition coefficient (Wildman–Crippen LogP) is 6.78. The second-order valence-corrected chi connectivity index (χ2v) is 13.3. The Morgan fingerprint density at radius 2 is 1.46 bits per heavy atom. The summed E-state index contributed by atoms with van der Waals surface area (Å²) in [5, 5.41) is 4.15. The minimum atomic E-state index is -0.440. The largest absolute Gasteiger partial charge is 0.465 e. The third-order valence-corrected chi connectivity index (χ3v) is 9.62. The molecule has 0 atom stereocenters. The molecular weight excluding hydrogens is 723 g/mol. The van der Waals surface area contributed by atoms with Crippen LogP contribution < -0.4 is 22.4 Å². The monoisotopic (exact) mass is 755 g/mol. The van der Waals surface area contributed by atoms with Crippen LogP contribution in [-0.4, -0.2) is 57.1 Å². The molecule has 10 aromatic rings. The highest BCUT2D eigenvalue weighted by Gasteiger charge is 2.19. The number of nitrogens with two attached hydrogens (primary N) is 1. The van der Waals surface area contributed by atoms with Crippen LogP contribution in [0.4, 0.5) is 17.1 Å². The Labute approximate surface area is 321 Å². The van der Waals surface area contributed by atoms with Crippen LogP contribution in [0.3, 0.4) is 0 Å². The van der Waals surface area contributed by atoms with Crippen molar-refractivity contribution in [3.05, 3.63) is 148 Å². The van der Waals surface area contributed by atoms with Gasteiger partial charge in [0.25, 0.3) is 0 Å². The smallest absolute Gasteiger partial charge is 0.337 e. The van der Waals surface area contributed by atoms with Crippen molar-refractivity contribution < 1.29 is 9.53 Å². The number of para-hydroxylation sites is 3. The van der Waals surface area contributed by atoms with Gasteiger partial charge in [-0.1, -0.05) is 30.3 Å². The Balaban J connectivity index is 0.000000166. The summed E-state index contributed by atoms with van der Waals surface area (Å²) in [4.78, 5) is 59.9. The number of hydrogen-bond acceptors (Lipinski definition) is 9. The molecule has 7 N–H and O–H groups in total. The number of carbonyl (C=O) groups excluding carboxylic acids is 1. The molecule has 0 aliphatic carbocycles. The van der Waals surface area contributed by atoms with Gasteiger partial charge in [-0.15, -0.1) is 0 Å². The molecule has 0 fully saturated rings. The number of pyridine rings is 1. The summed E-state index contributed by atoms with van der Waals surface area (Å²) in [6.07, 6.45) is 3.59. The van der Waals surface area contributed by atoms with E-state index in [1.807, 2.05) is 78.5 Å². The van der Waals surface area contributed by atoms with Gasteiger partial charge in [-0.25, -0.2) is 29.3 Å². The molecule has 57 heavy (non-hydrogen) atoms. The summed E-state index contributed by atoms with van der Waals surface area (Å²) in [5.41, 5.74) is 17.0. The van der Waals surface area contributed by atoms with Crippen molar-refractivity contribution in [1.82, 2.24) is 44.0 Å². The van der Waals surface area contributed by atoms with E-state index >= 15 is 0 Å². The first kappa shape index (κ1) is 34.6. The van der Waals surface area contributed by atoms with Crippen molar-refractivity contribution in [2.45, 2.75) is 0 Å². The summed E-state index contributed by atoms with van der Waals surface area (Å²) in [6.45, 7) is 0. The fraction of sp³-hybridized carbons (Fsp3) is 0.0476. The number of benzene rings is 5. The lowest BCUT2D eigenvalue weighted by Gasteiger charge is -2.13. The van der Waals surface area contributed by atoms with Crippen molar-refractivity contribution in [3.63, 3.8) is 0 Å². The number of fused-ring (bicyclic) bond motifs is 4. The summed E-state index contributed by atoms with van der Waals surface area (Å²) in [7, 11) is 3.28. The van der Waals surface area contributed by atoms with Gasteiger partial charge in [-0.3, -0.25) is 4.57 Å². The van der Waals surface area contributed by atoms with Gasteiger partial charge in [0.1, 0.15) is 5.82 Å². The molecule has 0 spiro atoms. The normalized spacial score (nSPS) is 11.3. The molecule has 0 radical (unpaired) electrons. The zero-order chi connectivity index (χ0) is 39.2. The van der Waals surface area contributed by atoms with Crippen LogP contribution in [-0.2, 0) is 11.8 Å². The molecule has 15 heteroatoms. The van der Waals surface area contributed by atoms with E-state index in [2.05, 4.69) is 57.7 Å². The van der Waals surface area contributed by atoms with E-state index in [0.717, 1.165) is 72.6 Å². The summed E-state index contributed by atoms with van der Waals surface area (Å²) >= 11 is 0. The molecule has 0 aliphatic heterocycles. The van der Waals surface area contributed by atoms with E-state index in [9.17, 15) is 14.4 Å². The van der Waals surface area contributed by atoms with E-state index in [1.54, 1.807) is 36.7 Å². The Kier molecular flexibility index (Phi) is 8.43. The minimum Gasteiger partial charge on any atom is -0.465 e. The Morgan fingerprint density at radius 1 is 0.754 bits per heavy atom. The number of hydrogen-bond donors (Lipinski definition) is 6. The molecule has 0 saturated heterocycles. The molecule has 0 saturated carbocycles. The van der Waals surface area contributed by atoms with Crippen molar-refractivity contribution in [2.24, 2.45) is 7.05 Å². The molecular formula is C42H33N11O4. The second-order valence-electron chi connectivity index (χ2n) is 13.3. The lowest BCUT2D eigenvalue weighted by atomic mass is 10.1. The molecule has 0 bridgehead atoms. The predicted molar refractivity (Wildman–Crippen MR) is 221 cm³/mol. The molecule has 0 amide bonds. The quantitative estimate of drug-likeness (QED) is 0.0779. The number of rotatable bonds is 6. The summed E-state index contributed by atoms with van der Waals surface area (Å²) in [6, 6.07) is 34.4. The number of nitrogens with one attached hydrogen (secondary N) is 5. The SMILES string of the molecule is COC(=O)c1ccc(Nc2ccc3[nH]c(=O)[nH]c3c2)c(N)c1.Cn1cncc1-c1cc(-c2nc3ccccc3n2-c2ccc3[nH]c(=O)[nH]c3c2)c2ccccc2n1. The van der Waals surface area contributed by atoms with Gasteiger partial charge in [0.05, 0.1) is 86.6 Å². The maximum Gasteiger partial charge on any atom is 0.337 e. The number of esters is 1.